The molecule has 0 N–H and O–H groups in total. The minimum Gasteiger partial charge on any atom is -0.365 e. The van der Waals surface area contributed by atoms with Crippen molar-refractivity contribution in [2.75, 3.05) is 11.4 Å². The molecule has 4 rings (SSSR count). The average Bonchev–Trinajstić information content (AvgIpc) is 3.09. The van der Waals surface area contributed by atoms with Gasteiger partial charge in [-0.05, 0) is 61.9 Å². The number of hydrogen-bond acceptors (Lipinski definition) is 1. The van der Waals surface area contributed by atoms with Gasteiger partial charge in [-0.25, -0.2) is 0 Å². The van der Waals surface area contributed by atoms with Crippen LogP contribution in [0.1, 0.15) is 43.2 Å². The highest BCUT2D eigenvalue weighted by molar-refractivity contribution is 5.54. The molecule has 0 amide bonds. The van der Waals surface area contributed by atoms with Gasteiger partial charge >= 0.3 is 6.18 Å². The number of halogens is 3. The van der Waals surface area contributed by atoms with Crippen LogP contribution in [-0.2, 0) is 6.18 Å². The van der Waals surface area contributed by atoms with Gasteiger partial charge in [0.15, 0.2) is 0 Å². The van der Waals surface area contributed by atoms with Gasteiger partial charge in [0, 0.05) is 23.7 Å². The molecule has 2 aromatic rings. The second kappa shape index (κ2) is 5.79. The normalized spacial score (nSPS) is 29.0. The van der Waals surface area contributed by atoms with E-state index in [0.29, 0.717) is 11.8 Å². The SMILES string of the molecule is C[C@]12[C@H](CC[C@H]1c1ccccc1)CCN2c1ccc(C(F)(F)F)cc1. The van der Waals surface area contributed by atoms with Crippen molar-refractivity contribution in [2.45, 2.75) is 43.8 Å². The number of nitrogens with zero attached hydrogens (tertiary/aromatic N) is 1. The minimum atomic E-state index is -4.28. The van der Waals surface area contributed by atoms with E-state index in [-0.39, 0.29) is 5.54 Å². The van der Waals surface area contributed by atoms with Gasteiger partial charge in [-0.1, -0.05) is 30.3 Å². The van der Waals surface area contributed by atoms with Crippen LogP contribution in [0.4, 0.5) is 18.9 Å². The molecule has 0 aromatic heterocycles. The van der Waals surface area contributed by atoms with E-state index < -0.39 is 11.7 Å². The van der Waals surface area contributed by atoms with E-state index in [1.807, 2.05) is 6.07 Å². The maximum Gasteiger partial charge on any atom is 0.416 e. The Kier molecular flexibility index (Phi) is 3.82. The molecule has 2 aromatic carbocycles. The Bertz CT molecular complexity index is 738. The molecule has 0 bridgehead atoms. The van der Waals surface area contributed by atoms with E-state index in [1.54, 1.807) is 12.1 Å². The van der Waals surface area contributed by atoms with Crippen molar-refractivity contribution in [3.8, 4) is 0 Å². The number of benzene rings is 2. The summed E-state index contributed by atoms with van der Waals surface area (Å²) in [7, 11) is 0. The maximum atomic E-state index is 12.9. The van der Waals surface area contributed by atoms with Crippen LogP contribution in [0.3, 0.4) is 0 Å². The lowest BCUT2D eigenvalue weighted by atomic mass is 9.79. The fraction of sp³-hybridized carbons (Fsp3) is 0.429. The van der Waals surface area contributed by atoms with Gasteiger partial charge in [0.05, 0.1) is 5.56 Å². The molecular formula is C21H22F3N. The zero-order valence-corrected chi connectivity index (χ0v) is 14.3. The molecule has 1 aliphatic carbocycles. The molecule has 0 radical (unpaired) electrons. The van der Waals surface area contributed by atoms with Crippen molar-refractivity contribution in [3.63, 3.8) is 0 Å². The molecule has 1 heterocycles. The Hall–Kier alpha value is -1.97. The summed E-state index contributed by atoms with van der Waals surface area (Å²) in [4.78, 5) is 2.35. The summed E-state index contributed by atoms with van der Waals surface area (Å²) in [6, 6.07) is 16.2. The van der Waals surface area contributed by atoms with E-state index in [2.05, 4.69) is 36.1 Å². The summed E-state index contributed by atoms with van der Waals surface area (Å²) in [5.41, 5.74) is 1.64. The third kappa shape index (κ3) is 2.62. The second-order valence-electron chi connectivity index (χ2n) is 7.45. The molecule has 0 spiro atoms. The van der Waals surface area contributed by atoms with Crippen LogP contribution in [0.5, 0.6) is 0 Å². The third-order valence-electron chi connectivity index (χ3n) is 6.33. The highest BCUT2D eigenvalue weighted by Gasteiger charge is 2.54. The van der Waals surface area contributed by atoms with Gasteiger partial charge in [-0.3, -0.25) is 0 Å². The van der Waals surface area contributed by atoms with Crippen molar-refractivity contribution in [2.24, 2.45) is 5.92 Å². The van der Waals surface area contributed by atoms with Crippen LogP contribution in [-0.4, -0.2) is 12.1 Å². The fourth-order valence-corrected chi connectivity index (χ4v) is 5.03. The Labute approximate surface area is 146 Å². The Morgan fingerprint density at radius 3 is 2.24 bits per heavy atom. The summed E-state index contributed by atoms with van der Waals surface area (Å²) in [6.07, 6.45) is -0.841. The standard InChI is InChI=1S/C21H22F3N/c1-20-16(9-12-19(20)15-5-3-2-4-6-15)13-14-25(20)18-10-7-17(8-11-18)21(22,23)24/h2-8,10-11,16,19H,9,12-14H2,1H3/t16-,19+,20+/m1/s1. The molecule has 1 aliphatic heterocycles. The van der Waals surface area contributed by atoms with Crippen molar-refractivity contribution >= 4 is 5.69 Å². The molecule has 132 valence electrons. The predicted octanol–water partition coefficient (Wildman–Crippen LogP) is 5.87. The van der Waals surface area contributed by atoms with Gasteiger partial charge in [0.2, 0.25) is 0 Å². The van der Waals surface area contributed by atoms with Crippen LogP contribution in [0, 0.1) is 5.92 Å². The zero-order valence-electron chi connectivity index (χ0n) is 14.3. The van der Waals surface area contributed by atoms with Crippen molar-refractivity contribution in [1.29, 1.82) is 0 Å². The van der Waals surface area contributed by atoms with E-state index in [0.717, 1.165) is 25.1 Å². The lowest BCUT2D eigenvalue weighted by Crippen LogP contribution is -2.47. The maximum absolute atomic E-state index is 12.9. The van der Waals surface area contributed by atoms with Crippen molar-refractivity contribution in [1.82, 2.24) is 0 Å². The first kappa shape index (κ1) is 16.5. The van der Waals surface area contributed by atoms with Crippen LogP contribution in [0.2, 0.25) is 0 Å². The Morgan fingerprint density at radius 1 is 0.920 bits per heavy atom. The number of rotatable bonds is 2. The summed E-state index contributed by atoms with van der Waals surface area (Å²) < 4.78 is 38.6. The summed E-state index contributed by atoms with van der Waals surface area (Å²) >= 11 is 0. The van der Waals surface area contributed by atoms with Gasteiger partial charge in [0.25, 0.3) is 0 Å². The summed E-state index contributed by atoms with van der Waals surface area (Å²) in [6.45, 7) is 3.21. The lowest BCUT2D eigenvalue weighted by Gasteiger charge is -2.42. The first-order valence-corrected chi connectivity index (χ1v) is 8.90. The number of alkyl halides is 3. The molecule has 1 nitrogen and oxygen atoms in total. The molecule has 1 saturated heterocycles. The first-order valence-electron chi connectivity index (χ1n) is 8.90. The van der Waals surface area contributed by atoms with E-state index >= 15 is 0 Å². The number of anilines is 1. The van der Waals surface area contributed by atoms with Gasteiger partial charge < -0.3 is 4.90 Å². The first-order chi connectivity index (χ1) is 11.9. The fourth-order valence-electron chi connectivity index (χ4n) is 5.03. The Balaban J connectivity index is 1.68. The van der Waals surface area contributed by atoms with E-state index in [9.17, 15) is 13.2 Å². The lowest BCUT2D eigenvalue weighted by molar-refractivity contribution is -0.137. The smallest absolute Gasteiger partial charge is 0.365 e. The summed E-state index contributed by atoms with van der Waals surface area (Å²) in [5, 5.41) is 0. The quantitative estimate of drug-likeness (QED) is 0.658. The molecule has 3 atom stereocenters. The second-order valence-corrected chi connectivity index (χ2v) is 7.45. The van der Waals surface area contributed by atoms with Crippen LogP contribution >= 0.6 is 0 Å². The predicted molar refractivity (Wildman–Crippen MR) is 93.7 cm³/mol. The van der Waals surface area contributed by atoms with Crippen LogP contribution in [0.15, 0.2) is 54.6 Å². The monoisotopic (exact) mass is 345 g/mol. The van der Waals surface area contributed by atoms with Gasteiger partial charge in [0.1, 0.15) is 0 Å². The van der Waals surface area contributed by atoms with Crippen molar-refractivity contribution < 1.29 is 13.2 Å². The van der Waals surface area contributed by atoms with Crippen LogP contribution < -0.4 is 4.90 Å². The number of hydrogen-bond donors (Lipinski definition) is 0. The third-order valence-corrected chi connectivity index (χ3v) is 6.33. The highest BCUT2D eigenvalue weighted by atomic mass is 19.4. The molecular weight excluding hydrogens is 323 g/mol. The molecule has 2 fully saturated rings. The van der Waals surface area contributed by atoms with Gasteiger partial charge in [-0.2, -0.15) is 13.2 Å². The van der Waals surface area contributed by atoms with Crippen LogP contribution in [0.25, 0.3) is 0 Å². The molecule has 4 heteroatoms. The molecule has 1 saturated carbocycles. The van der Waals surface area contributed by atoms with Crippen molar-refractivity contribution in [3.05, 3.63) is 65.7 Å². The topological polar surface area (TPSA) is 3.24 Å². The largest absolute Gasteiger partial charge is 0.416 e. The average molecular weight is 345 g/mol. The minimum absolute atomic E-state index is 0.0267. The molecule has 0 unspecified atom stereocenters. The Morgan fingerprint density at radius 2 is 1.60 bits per heavy atom. The molecule has 2 aliphatic rings. The summed E-state index contributed by atoms with van der Waals surface area (Å²) in [5.74, 6) is 1.02. The molecule has 25 heavy (non-hydrogen) atoms. The highest BCUT2D eigenvalue weighted by Crippen LogP contribution is 2.55. The number of fused-ring (bicyclic) bond motifs is 1. The van der Waals surface area contributed by atoms with E-state index in [1.165, 1.54) is 24.1 Å². The van der Waals surface area contributed by atoms with E-state index in [4.69, 9.17) is 0 Å². The zero-order chi connectivity index (χ0) is 17.7. The van der Waals surface area contributed by atoms with Gasteiger partial charge in [-0.15, -0.1) is 0 Å².